The van der Waals surface area contributed by atoms with Crippen molar-refractivity contribution in [1.29, 1.82) is 0 Å². The summed E-state index contributed by atoms with van der Waals surface area (Å²) in [6.45, 7) is 6.13. The van der Waals surface area contributed by atoms with Crippen LogP contribution in [0.4, 0.5) is 0 Å². The van der Waals surface area contributed by atoms with Gasteiger partial charge in [-0.1, -0.05) is 6.07 Å². The fraction of sp³-hybridized carbons (Fsp3) is 0.533. The molecule has 0 saturated carbocycles. The minimum Gasteiger partial charge on any atom is -0.327 e. The van der Waals surface area contributed by atoms with Crippen molar-refractivity contribution >= 4 is 22.6 Å². The molecular weight excluding hydrogens is 258 g/mol. The lowest BCUT2D eigenvalue weighted by molar-refractivity contribution is 0.386. The molecule has 104 valence electrons. The van der Waals surface area contributed by atoms with Gasteiger partial charge in [-0.05, 0) is 58.6 Å². The number of aryl methyl sites for hydroxylation is 2. The van der Waals surface area contributed by atoms with Crippen LogP contribution in [0, 0.1) is 6.92 Å². The Morgan fingerprint density at radius 2 is 2.11 bits per heavy atom. The Kier molecular flexibility index (Phi) is 4.48. The monoisotopic (exact) mass is 279 g/mol. The fourth-order valence-corrected chi connectivity index (χ4v) is 2.50. The summed E-state index contributed by atoms with van der Waals surface area (Å²) in [7, 11) is 4.20. The summed E-state index contributed by atoms with van der Waals surface area (Å²) in [6, 6.07) is 6.37. The van der Waals surface area contributed by atoms with Gasteiger partial charge in [0.1, 0.15) is 5.82 Å². The van der Waals surface area contributed by atoms with Crippen LogP contribution in [0.15, 0.2) is 18.2 Å². The van der Waals surface area contributed by atoms with E-state index in [-0.39, 0.29) is 5.38 Å². The summed E-state index contributed by atoms with van der Waals surface area (Å²) in [4.78, 5) is 6.87. The number of halogens is 1. The molecule has 0 aliphatic heterocycles. The van der Waals surface area contributed by atoms with Crippen LogP contribution < -0.4 is 0 Å². The highest BCUT2D eigenvalue weighted by atomic mass is 35.5. The van der Waals surface area contributed by atoms with Gasteiger partial charge in [-0.2, -0.15) is 0 Å². The minimum absolute atomic E-state index is 0.0629. The Morgan fingerprint density at radius 1 is 1.37 bits per heavy atom. The van der Waals surface area contributed by atoms with Gasteiger partial charge in [0.15, 0.2) is 0 Å². The zero-order valence-corrected chi connectivity index (χ0v) is 12.9. The second kappa shape index (κ2) is 5.93. The van der Waals surface area contributed by atoms with Crippen molar-refractivity contribution in [1.82, 2.24) is 14.5 Å². The molecule has 19 heavy (non-hydrogen) atoms. The highest BCUT2D eigenvalue weighted by Gasteiger charge is 2.14. The number of hydrogen-bond acceptors (Lipinski definition) is 2. The molecule has 1 heterocycles. The quantitative estimate of drug-likeness (QED) is 0.780. The molecule has 0 aliphatic rings. The molecule has 2 rings (SSSR count). The van der Waals surface area contributed by atoms with E-state index in [0.717, 1.165) is 30.9 Å². The van der Waals surface area contributed by atoms with E-state index >= 15 is 0 Å². The molecule has 1 unspecified atom stereocenters. The van der Waals surface area contributed by atoms with E-state index in [4.69, 9.17) is 11.6 Å². The first-order valence-electron chi connectivity index (χ1n) is 6.74. The summed E-state index contributed by atoms with van der Waals surface area (Å²) in [6.07, 6.45) is 1.10. The van der Waals surface area contributed by atoms with Crippen molar-refractivity contribution in [3.8, 4) is 0 Å². The van der Waals surface area contributed by atoms with Crippen molar-refractivity contribution in [3.63, 3.8) is 0 Å². The van der Waals surface area contributed by atoms with E-state index in [1.165, 1.54) is 11.1 Å². The van der Waals surface area contributed by atoms with Crippen LogP contribution in [0.1, 0.15) is 30.1 Å². The third kappa shape index (κ3) is 3.28. The molecule has 0 aliphatic carbocycles. The molecule has 1 aromatic carbocycles. The molecule has 2 aromatic rings. The van der Waals surface area contributed by atoms with E-state index in [0.29, 0.717) is 0 Å². The summed E-state index contributed by atoms with van der Waals surface area (Å²) in [5, 5.41) is -0.0629. The predicted molar refractivity (Wildman–Crippen MR) is 81.9 cm³/mol. The van der Waals surface area contributed by atoms with Gasteiger partial charge in [0.05, 0.1) is 16.4 Å². The maximum absolute atomic E-state index is 6.27. The van der Waals surface area contributed by atoms with Gasteiger partial charge in [-0.3, -0.25) is 0 Å². The average molecular weight is 280 g/mol. The van der Waals surface area contributed by atoms with Gasteiger partial charge in [0.2, 0.25) is 0 Å². The largest absolute Gasteiger partial charge is 0.327 e. The normalized spacial score (nSPS) is 13.4. The van der Waals surface area contributed by atoms with Crippen molar-refractivity contribution in [2.75, 3.05) is 20.6 Å². The number of imidazole rings is 1. The van der Waals surface area contributed by atoms with Gasteiger partial charge in [-0.25, -0.2) is 4.98 Å². The topological polar surface area (TPSA) is 21.1 Å². The molecule has 0 N–H and O–H groups in total. The maximum atomic E-state index is 6.27. The van der Waals surface area contributed by atoms with Crippen molar-refractivity contribution in [2.24, 2.45) is 0 Å². The second-order valence-electron chi connectivity index (χ2n) is 5.39. The number of fused-ring (bicyclic) bond motifs is 1. The lowest BCUT2D eigenvalue weighted by atomic mass is 10.2. The van der Waals surface area contributed by atoms with Gasteiger partial charge >= 0.3 is 0 Å². The van der Waals surface area contributed by atoms with Crippen LogP contribution in [0.5, 0.6) is 0 Å². The third-order valence-electron chi connectivity index (χ3n) is 3.28. The number of aromatic nitrogens is 2. The van der Waals surface area contributed by atoms with Crippen molar-refractivity contribution in [2.45, 2.75) is 32.2 Å². The van der Waals surface area contributed by atoms with Crippen LogP contribution in [-0.2, 0) is 6.54 Å². The van der Waals surface area contributed by atoms with E-state index in [9.17, 15) is 0 Å². The smallest absolute Gasteiger partial charge is 0.127 e. The second-order valence-corrected chi connectivity index (χ2v) is 6.04. The number of rotatable bonds is 5. The molecule has 0 spiro atoms. The first-order valence-corrected chi connectivity index (χ1v) is 7.18. The summed E-state index contributed by atoms with van der Waals surface area (Å²) in [5.41, 5.74) is 3.49. The zero-order valence-electron chi connectivity index (χ0n) is 12.2. The van der Waals surface area contributed by atoms with Crippen LogP contribution >= 0.6 is 11.6 Å². The van der Waals surface area contributed by atoms with Crippen LogP contribution in [0.2, 0.25) is 0 Å². The lowest BCUT2D eigenvalue weighted by Gasteiger charge is -2.13. The highest BCUT2D eigenvalue weighted by Crippen LogP contribution is 2.25. The Morgan fingerprint density at radius 3 is 2.74 bits per heavy atom. The van der Waals surface area contributed by atoms with Crippen molar-refractivity contribution in [3.05, 3.63) is 29.6 Å². The minimum atomic E-state index is -0.0629. The van der Waals surface area contributed by atoms with Gasteiger partial charge < -0.3 is 9.47 Å². The van der Waals surface area contributed by atoms with E-state index in [2.05, 4.69) is 53.7 Å². The molecule has 0 saturated heterocycles. The molecule has 1 atom stereocenters. The lowest BCUT2D eigenvalue weighted by Crippen LogP contribution is -2.16. The third-order valence-corrected chi connectivity index (χ3v) is 3.47. The summed E-state index contributed by atoms with van der Waals surface area (Å²) >= 11 is 6.27. The SMILES string of the molecule is Cc1ccc2nc(C(C)Cl)n(CCCN(C)C)c2c1. The molecule has 0 amide bonds. The van der Waals surface area contributed by atoms with Gasteiger partial charge in [0.25, 0.3) is 0 Å². The van der Waals surface area contributed by atoms with Crippen molar-refractivity contribution < 1.29 is 0 Å². The van der Waals surface area contributed by atoms with Crippen LogP contribution in [0.3, 0.4) is 0 Å². The molecule has 0 fully saturated rings. The first kappa shape index (κ1) is 14.4. The fourth-order valence-electron chi connectivity index (χ4n) is 2.34. The molecule has 3 nitrogen and oxygen atoms in total. The summed E-state index contributed by atoms with van der Waals surface area (Å²) < 4.78 is 2.27. The number of alkyl halides is 1. The zero-order chi connectivity index (χ0) is 14.0. The van der Waals surface area contributed by atoms with Crippen LogP contribution in [0.25, 0.3) is 11.0 Å². The highest BCUT2D eigenvalue weighted by molar-refractivity contribution is 6.20. The number of nitrogens with zero attached hydrogens (tertiary/aromatic N) is 3. The average Bonchev–Trinajstić information content (AvgIpc) is 2.67. The predicted octanol–water partition coefficient (Wildman–Crippen LogP) is 3.60. The van der Waals surface area contributed by atoms with Gasteiger partial charge in [0, 0.05) is 6.54 Å². The molecule has 0 radical (unpaired) electrons. The molecule has 4 heteroatoms. The van der Waals surface area contributed by atoms with Crippen LogP contribution in [-0.4, -0.2) is 35.1 Å². The van der Waals surface area contributed by atoms with E-state index in [1.54, 1.807) is 0 Å². The Hall–Kier alpha value is -1.06. The summed E-state index contributed by atoms with van der Waals surface area (Å²) in [5.74, 6) is 0.973. The Balaban J connectivity index is 2.36. The van der Waals surface area contributed by atoms with E-state index in [1.807, 2.05) is 6.92 Å². The first-order chi connectivity index (χ1) is 8.99. The number of hydrogen-bond donors (Lipinski definition) is 0. The molecule has 1 aromatic heterocycles. The standard InChI is InChI=1S/C15H22ClN3/c1-11-6-7-13-14(10-11)19(9-5-8-18(3)4)15(17-13)12(2)16/h6-7,10,12H,5,8-9H2,1-4H3. The van der Waals surface area contributed by atoms with Gasteiger partial charge in [-0.15, -0.1) is 11.6 Å². The van der Waals surface area contributed by atoms with E-state index < -0.39 is 0 Å². The molecule has 0 bridgehead atoms. The Bertz CT molecular complexity index is 558. The number of benzene rings is 1. The maximum Gasteiger partial charge on any atom is 0.127 e. The Labute approximate surface area is 120 Å². The molecular formula is C15H22ClN3.